The van der Waals surface area contributed by atoms with Crippen molar-refractivity contribution in [3.63, 3.8) is 0 Å². The summed E-state index contributed by atoms with van der Waals surface area (Å²) in [6.45, 7) is 1.71. The number of halogens is 1. The van der Waals surface area contributed by atoms with Crippen LogP contribution in [0.2, 0.25) is 5.02 Å². The first-order valence-electron chi connectivity index (χ1n) is 8.02. The molecule has 0 atom stereocenters. The Morgan fingerprint density at radius 3 is 2.70 bits per heavy atom. The normalized spacial score (nSPS) is 11.3. The summed E-state index contributed by atoms with van der Waals surface area (Å²) in [4.78, 5) is 12.4. The number of nitrogens with one attached hydrogen (secondary N) is 1. The summed E-state index contributed by atoms with van der Waals surface area (Å²) < 4.78 is 6.69. The van der Waals surface area contributed by atoms with Gasteiger partial charge in [0.05, 0.1) is 24.7 Å². The summed E-state index contributed by atoms with van der Waals surface area (Å²) in [5.41, 5.74) is 4.11. The number of para-hydroxylation sites is 1. The molecular formula is C19H17ClN4O3. The van der Waals surface area contributed by atoms with Gasteiger partial charge in [-0.05, 0) is 37.3 Å². The maximum absolute atomic E-state index is 12.4. The van der Waals surface area contributed by atoms with Crippen molar-refractivity contribution in [2.45, 2.75) is 6.92 Å². The molecule has 0 saturated heterocycles. The number of nitrogens with zero attached hydrogens (tertiary/aromatic N) is 3. The number of hydrazone groups is 1. The highest BCUT2D eigenvalue weighted by Gasteiger charge is 2.17. The Balaban J connectivity index is 1.81. The predicted molar refractivity (Wildman–Crippen MR) is 103 cm³/mol. The Morgan fingerprint density at radius 1 is 1.26 bits per heavy atom. The van der Waals surface area contributed by atoms with E-state index in [4.69, 9.17) is 16.3 Å². The molecule has 1 aromatic heterocycles. The van der Waals surface area contributed by atoms with Crippen molar-refractivity contribution in [2.24, 2.45) is 5.10 Å². The number of ether oxygens (including phenoxy) is 1. The maximum atomic E-state index is 12.4. The molecule has 0 spiro atoms. The highest BCUT2D eigenvalue weighted by molar-refractivity contribution is 6.31. The van der Waals surface area contributed by atoms with Gasteiger partial charge in [-0.1, -0.05) is 29.8 Å². The van der Waals surface area contributed by atoms with Crippen LogP contribution >= 0.6 is 11.6 Å². The Hall–Kier alpha value is -3.32. The molecule has 3 aromatic rings. The molecule has 7 nitrogen and oxygen atoms in total. The number of hydrogen-bond donors (Lipinski definition) is 2. The van der Waals surface area contributed by atoms with Gasteiger partial charge in [-0.3, -0.25) is 4.79 Å². The fourth-order valence-corrected chi connectivity index (χ4v) is 2.62. The average molecular weight is 385 g/mol. The van der Waals surface area contributed by atoms with Gasteiger partial charge in [-0.2, -0.15) is 10.2 Å². The zero-order chi connectivity index (χ0) is 19.4. The number of rotatable bonds is 5. The predicted octanol–water partition coefficient (Wildman–Crippen LogP) is 3.39. The molecule has 0 aliphatic heterocycles. The van der Waals surface area contributed by atoms with E-state index < -0.39 is 5.91 Å². The molecule has 2 aromatic carbocycles. The number of carbonyl (C=O) groups is 1. The van der Waals surface area contributed by atoms with Gasteiger partial charge >= 0.3 is 0 Å². The molecule has 8 heteroatoms. The van der Waals surface area contributed by atoms with Gasteiger partial charge in [-0.15, -0.1) is 0 Å². The molecule has 27 heavy (non-hydrogen) atoms. The van der Waals surface area contributed by atoms with E-state index in [1.54, 1.807) is 25.1 Å². The van der Waals surface area contributed by atoms with Crippen LogP contribution in [0.4, 0.5) is 0 Å². The van der Waals surface area contributed by atoms with Crippen molar-refractivity contribution in [3.05, 3.63) is 71.0 Å². The number of carbonyl (C=O) groups excluding carboxylic acids is 1. The van der Waals surface area contributed by atoms with E-state index in [1.807, 2.05) is 30.3 Å². The van der Waals surface area contributed by atoms with Crippen molar-refractivity contribution in [1.82, 2.24) is 15.2 Å². The van der Waals surface area contributed by atoms with E-state index in [0.717, 1.165) is 5.69 Å². The Kier molecular flexibility index (Phi) is 5.42. The molecule has 0 saturated carbocycles. The standard InChI is InChI=1S/C19H17ClN4O3/c1-12(15-10-13(20)8-9-17(15)27-2)21-22-19(26)18-16(25)11-24(23-18)14-6-4-3-5-7-14/h3-11,25H,1-2H3,(H,22,26)/b21-12-. The first kappa shape index (κ1) is 18.5. The van der Waals surface area contributed by atoms with Crippen LogP contribution in [0.15, 0.2) is 59.8 Å². The quantitative estimate of drug-likeness (QED) is 0.521. The highest BCUT2D eigenvalue weighted by atomic mass is 35.5. The average Bonchev–Trinajstić information content (AvgIpc) is 3.08. The second-order valence-corrected chi connectivity index (χ2v) is 6.06. The molecule has 138 valence electrons. The molecule has 0 bridgehead atoms. The minimum absolute atomic E-state index is 0.131. The zero-order valence-corrected chi connectivity index (χ0v) is 15.4. The summed E-state index contributed by atoms with van der Waals surface area (Å²) in [5.74, 6) is -0.307. The van der Waals surface area contributed by atoms with Crippen LogP contribution in [0, 0.1) is 0 Å². The van der Waals surface area contributed by atoms with E-state index in [0.29, 0.717) is 22.0 Å². The molecule has 3 rings (SSSR count). The molecule has 2 N–H and O–H groups in total. The van der Waals surface area contributed by atoms with Crippen LogP contribution in [-0.4, -0.2) is 33.6 Å². The van der Waals surface area contributed by atoms with Crippen LogP contribution in [0.1, 0.15) is 23.0 Å². The van der Waals surface area contributed by atoms with Crippen molar-refractivity contribution in [1.29, 1.82) is 0 Å². The molecule has 0 unspecified atom stereocenters. The van der Waals surface area contributed by atoms with Crippen molar-refractivity contribution < 1.29 is 14.6 Å². The smallest absolute Gasteiger partial charge is 0.295 e. The van der Waals surface area contributed by atoms with Gasteiger partial charge in [0.25, 0.3) is 5.91 Å². The van der Waals surface area contributed by atoms with Crippen molar-refractivity contribution >= 4 is 23.2 Å². The molecule has 0 fully saturated rings. The molecule has 1 heterocycles. The zero-order valence-electron chi connectivity index (χ0n) is 14.7. The maximum Gasteiger partial charge on any atom is 0.295 e. The summed E-state index contributed by atoms with van der Waals surface area (Å²) in [5, 5.41) is 18.7. The summed E-state index contributed by atoms with van der Waals surface area (Å²) in [6, 6.07) is 14.2. The van der Waals surface area contributed by atoms with E-state index in [9.17, 15) is 9.90 Å². The minimum Gasteiger partial charge on any atom is -0.504 e. The first-order valence-corrected chi connectivity index (χ1v) is 8.40. The monoisotopic (exact) mass is 384 g/mol. The van der Waals surface area contributed by atoms with Crippen LogP contribution in [0.3, 0.4) is 0 Å². The number of amides is 1. The van der Waals surface area contributed by atoms with Gasteiger partial charge < -0.3 is 9.84 Å². The van der Waals surface area contributed by atoms with Crippen LogP contribution in [-0.2, 0) is 0 Å². The lowest BCUT2D eigenvalue weighted by atomic mass is 10.1. The van der Waals surface area contributed by atoms with Gasteiger partial charge in [0, 0.05) is 10.6 Å². The summed E-state index contributed by atoms with van der Waals surface area (Å²) >= 11 is 6.01. The summed E-state index contributed by atoms with van der Waals surface area (Å²) in [7, 11) is 1.53. The van der Waals surface area contributed by atoms with E-state index in [1.165, 1.54) is 18.0 Å². The second-order valence-electron chi connectivity index (χ2n) is 5.63. The van der Waals surface area contributed by atoms with Crippen LogP contribution in [0.5, 0.6) is 11.5 Å². The number of aromatic hydroxyl groups is 1. The second kappa shape index (κ2) is 7.92. The molecular weight excluding hydrogens is 368 g/mol. The minimum atomic E-state index is -0.637. The number of aromatic nitrogens is 2. The Bertz CT molecular complexity index is 999. The van der Waals surface area contributed by atoms with E-state index in [-0.39, 0.29) is 11.4 Å². The SMILES string of the molecule is COc1ccc(Cl)cc1/C(C)=N\NC(=O)c1nn(-c2ccccc2)cc1O. The Labute approximate surface area is 160 Å². The van der Waals surface area contributed by atoms with Crippen LogP contribution < -0.4 is 10.2 Å². The molecule has 1 amide bonds. The lowest BCUT2D eigenvalue weighted by Crippen LogP contribution is -2.20. The lowest BCUT2D eigenvalue weighted by Gasteiger charge is -2.08. The molecule has 0 aliphatic carbocycles. The largest absolute Gasteiger partial charge is 0.504 e. The van der Waals surface area contributed by atoms with E-state index in [2.05, 4.69) is 15.6 Å². The third-order valence-corrected chi connectivity index (χ3v) is 4.04. The van der Waals surface area contributed by atoms with Crippen LogP contribution in [0.25, 0.3) is 5.69 Å². The van der Waals surface area contributed by atoms with Gasteiger partial charge in [-0.25, -0.2) is 10.1 Å². The third-order valence-electron chi connectivity index (χ3n) is 3.81. The fraction of sp³-hybridized carbons (Fsp3) is 0.105. The van der Waals surface area contributed by atoms with E-state index >= 15 is 0 Å². The number of hydrogen-bond acceptors (Lipinski definition) is 5. The number of methoxy groups -OCH3 is 1. The topological polar surface area (TPSA) is 88.7 Å². The van der Waals surface area contributed by atoms with Gasteiger partial charge in [0.15, 0.2) is 11.4 Å². The molecule has 0 radical (unpaired) electrons. The first-order chi connectivity index (χ1) is 13.0. The van der Waals surface area contributed by atoms with Crippen molar-refractivity contribution in [2.75, 3.05) is 7.11 Å². The van der Waals surface area contributed by atoms with Gasteiger partial charge in [0.1, 0.15) is 5.75 Å². The third kappa shape index (κ3) is 4.09. The molecule has 0 aliphatic rings. The number of benzene rings is 2. The van der Waals surface area contributed by atoms with Crippen molar-refractivity contribution in [3.8, 4) is 17.2 Å². The lowest BCUT2D eigenvalue weighted by molar-refractivity contribution is 0.0947. The fourth-order valence-electron chi connectivity index (χ4n) is 2.45. The summed E-state index contributed by atoms with van der Waals surface area (Å²) in [6.07, 6.45) is 1.36. The highest BCUT2D eigenvalue weighted by Crippen LogP contribution is 2.23. The Morgan fingerprint density at radius 2 is 2.00 bits per heavy atom. The van der Waals surface area contributed by atoms with Gasteiger partial charge in [0.2, 0.25) is 0 Å².